The number of aromatic nitrogens is 2. The molecule has 4 heteroatoms. The second-order valence-corrected chi connectivity index (χ2v) is 5.46. The molecule has 0 fully saturated rings. The lowest BCUT2D eigenvalue weighted by Crippen LogP contribution is -2.26. The van der Waals surface area contributed by atoms with Crippen molar-refractivity contribution < 1.29 is 5.11 Å². The van der Waals surface area contributed by atoms with E-state index in [4.69, 9.17) is 0 Å². The van der Waals surface area contributed by atoms with Gasteiger partial charge in [-0.05, 0) is 30.9 Å². The molecule has 106 valence electrons. The number of hydrogen-bond acceptors (Lipinski definition) is 3. The third-order valence-corrected chi connectivity index (χ3v) is 4.12. The van der Waals surface area contributed by atoms with Crippen LogP contribution in [0.5, 0.6) is 0 Å². The molecule has 1 aromatic carbocycles. The Morgan fingerprint density at radius 1 is 1.25 bits per heavy atom. The van der Waals surface area contributed by atoms with Crippen molar-refractivity contribution in [3.05, 3.63) is 46.6 Å². The minimum atomic E-state index is 0.0488. The van der Waals surface area contributed by atoms with E-state index in [-0.39, 0.29) is 6.61 Å². The Labute approximate surface area is 119 Å². The van der Waals surface area contributed by atoms with Crippen molar-refractivity contribution in [3.8, 4) is 0 Å². The molecule has 1 aromatic heterocycles. The first-order chi connectivity index (χ1) is 9.70. The topological polar surface area (TPSA) is 41.3 Å². The summed E-state index contributed by atoms with van der Waals surface area (Å²) in [6, 6.07) is 8.64. The molecule has 0 saturated heterocycles. The number of nitrogens with zero attached hydrogens (tertiary/aromatic N) is 3. The van der Waals surface area contributed by atoms with Gasteiger partial charge in [0.15, 0.2) is 0 Å². The van der Waals surface area contributed by atoms with Crippen molar-refractivity contribution in [1.82, 2.24) is 9.78 Å². The second kappa shape index (κ2) is 5.29. The fraction of sp³-hybridized carbons (Fsp3) is 0.438. The van der Waals surface area contributed by atoms with E-state index < -0.39 is 0 Å². The summed E-state index contributed by atoms with van der Waals surface area (Å²) in [5, 5.41) is 14.1. The number of fused-ring (bicyclic) bond motifs is 1. The van der Waals surface area contributed by atoms with Gasteiger partial charge in [-0.15, -0.1) is 0 Å². The van der Waals surface area contributed by atoms with E-state index in [9.17, 15) is 5.11 Å². The summed E-state index contributed by atoms with van der Waals surface area (Å²) < 4.78 is 1.90. The second-order valence-electron chi connectivity index (χ2n) is 5.46. The van der Waals surface area contributed by atoms with Crippen LogP contribution in [-0.4, -0.2) is 21.4 Å². The molecule has 0 atom stereocenters. The predicted molar refractivity (Wildman–Crippen MR) is 79.7 cm³/mol. The van der Waals surface area contributed by atoms with Gasteiger partial charge < -0.3 is 10.0 Å². The Hall–Kier alpha value is -1.81. The summed E-state index contributed by atoms with van der Waals surface area (Å²) in [6.45, 7) is 3.90. The molecule has 20 heavy (non-hydrogen) atoms. The Morgan fingerprint density at radius 2 is 2.00 bits per heavy atom. The van der Waals surface area contributed by atoms with Gasteiger partial charge in [0.25, 0.3) is 0 Å². The maximum Gasteiger partial charge on any atom is 0.132 e. The van der Waals surface area contributed by atoms with Gasteiger partial charge in [-0.25, -0.2) is 0 Å². The first-order valence-electron chi connectivity index (χ1n) is 7.15. The molecular weight excluding hydrogens is 250 g/mol. The van der Waals surface area contributed by atoms with E-state index >= 15 is 0 Å². The van der Waals surface area contributed by atoms with Gasteiger partial charge in [0.1, 0.15) is 5.82 Å². The SMILES string of the molecule is Cc1nn(C)c(N2CCCc3ccccc3C2)c1CO. The molecule has 1 aliphatic heterocycles. The van der Waals surface area contributed by atoms with Crippen LogP contribution in [-0.2, 0) is 26.6 Å². The molecule has 0 saturated carbocycles. The zero-order valence-electron chi connectivity index (χ0n) is 12.1. The lowest BCUT2D eigenvalue weighted by atomic mass is 10.0. The normalized spacial score (nSPS) is 15.1. The molecule has 0 unspecified atom stereocenters. The Bertz CT molecular complexity index is 618. The molecule has 2 heterocycles. The number of hydrogen-bond donors (Lipinski definition) is 1. The standard InChI is InChI=1S/C16H21N3O/c1-12-15(11-20)16(18(2)17-12)19-9-5-8-13-6-3-4-7-14(13)10-19/h3-4,6-7,20H,5,8-11H2,1-2H3. The van der Waals surface area contributed by atoms with Gasteiger partial charge in [0.2, 0.25) is 0 Å². The lowest BCUT2D eigenvalue weighted by Gasteiger charge is -2.24. The zero-order valence-corrected chi connectivity index (χ0v) is 12.1. The summed E-state index contributed by atoms with van der Waals surface area (Å²) in [7, 11) is 1.96. The van der Waals surface area contributed by atoms with Crippen LogP contribution >= 0.6 is 0 Å². The van der Waals surface area contributed by atoms with E-state index in [1.165, 1.54) is 11.1 Å². The molecule has 3 rings (SSSR count). The number of aliphatic hydroxyl groups excluding tert-OH is 1. The van der Waals surface area contributed by atoms with Crippen LogP contribution in [0.3, 0.4) is 0 Å². The van der Waals surface area contributed by atoms with Crippen LogP contribution in [0.2, 0.25) is 0 Å². The van der Waals surface area contributed by atoms with E-state index in [1.54, 1.807) is 0 Å². The van der Waals surface area contributed by atoms with Crippen molar-refractivity contribution in [2.75, 3.05) is 11.4 Å². The van der Waals surface area contributed by atoms with Gasteiger partial charge in [-0.3, -0.25) is 4.68 Å². The fourth-order valence-corrected chi connectivity index (χ4v) is 3.15. The number of aryl methyl sites for hydroxylation is 3. The summed E-state index contributed by atoms with van der Waals surface area (Å²) in [5.74, 6) is 1.06. The number of benzene rings is 1. The van der Waals surface area contributed by atoms with Crippen LogP contribution in [0, 0.1) is 6.92 Å². The Morgan fingerprint density at radius 3 is 2.75 bits per heavy atom. The number of anilines is 1. The van der Waals surface area contributed by atoms with Crippen molar-refractivity contribution >= 4 is 5.82 Å². The molecule has 0 bridgehead atoms. The van der Waals surface area contributed by atoms with E-state index in [2.05, 4.69) is 34.3 Å². The molecule has 0 radical (unpaired) electrons. The third kappa shape index (κ3) is 2.20. The monoisotopic (exact) mass is 271 g/mol. The maximum atomic E-state index is 9.63. The largest absolute Gasteiger partial charge is 0.391 e. The van der Waals surface area contributed by atoms with E-state index in [0.29, 0.717) is 0 Å². The van der Waals surface area contributed by atoms with Crippen LogP contribution in [0.15, 0.2) is 24.3 Å². The van der Waals surface area contributed by atoms with Crippen molar-refractivity contribution in [1.29, 1.82) is 0 Å². The number of aliphatic hydroxyl groups is 1. The summed E-state index contributed by atoms with van der Waals surface area (Å²) in [6.07, 6.45) is 2.25. The van der Waals surface area contributed by atoms with E-state index in [1.807, 2.05) is 18.7 Å². The van der Waals surface area contributed by atoms with E-state index in [0.717, 1.165) is 43.0 Å². The quantitative estimate of drug-likeness (QED) is 0.910. The van der Waals surface area contributed by atoms with Crippen LogP contribution < -0.4 is 4.90 Å². The van der Waals surface area contributed by atoms with Gasteiger partial charge in [0.05, 0.1) is 12.3 Å². The van der Waals surface area contributed by atoms with Crippen LogP contribution in [0.4, 0.5) is 5.82 Å². The molecule has 2 aromatic rings. The molecule has 1 N–H and O–H groups in total. The highest BCUT2D eigenvalue weighted by molar-refractivity contribution is 5.51. The average molecular weight is 271 g/mol. The molecule has 4 nitrogen and oxygen atoms in total. The predicted octanol–water partition coefficient (Wildman–Crippen LogP) is 2.17. The molecule has 0 spiro atoms. The highest BCUT2D eigenvalue weighted by Crippen LogP contribution is 2.28. The van der Waals surface area contributed by atoms with Gasteiger partial charge in [-0.1, -0.05) is 24.3 Å². The number of rotatable bonds is 2. The van der Waals surface area contributed by atoms with Crippen molar-refractivity contribution in [2.45, 2.75) is 32.9 Å². The van der Waals surface area contributed by atoms with Gasteiger partial charge in [-0.2, -0.15) is 5.10 Å². The fourth-order valence-electron chi connectivity index (χ4n) is 3.15. The summed E-state index contributed by atoms with van der Waals surface area (Å²) >= 11 is 0. The van der Waals surface area contributed by atoms with Gasteiger partial charge >= 0.3 is 0 Å². The molecule has 1 aliphatic rings. The van der Waals surface area contributed by atoms with Gasteiger partial charge in [0, 0.05) is 25.7 Å². The van der Waals surface area contributed by atoms with Crippen molar-refractivity contribution in [2.24, 2.45) is 7.05 Å². The average Bonchev–Trinajstić information content (AvgIpc) is 2.62. The minimum absolute atomic E-state index is 0.0488. The molecular formula is C16H21N3O. The van der Waals surface area contributed by atoms with Crippen LogP contribution in [0.25, 0.3) is 0 Å². The minimum Gasteiger partial charge on any atom is -0.391 e. The maximum absolute atomic E-state index is 9.63. The molecule has 0 amide bonds. The summed E-state index contributed by atoms with van der Waals surface area (Å²) in [4.78, 5) is 2.34. The molecule has 0 aliphatic carbocycles. The summed E-state index contributed by atoms with van der Waals surface area (Å²) in [5.41, 5.74) is 4.70. The van der Waals surface area contributed by atoms with Crippen molar-refractivity contribution in [3.63, 3.8) is 0 Å². The Balaban J connectivity index is 1.99. The third-order valence-electron chi connectivity index (χ3n) is 4.12. The Kier molecular flexibility index (Phi) is 3.49. The first kappa shape index (κ1) is 13.2. The van der Waals surface area contributed by atoms with Crippen LogP contribution in [0.1, 0.15) is 28.8 Å². The zero-order chi connectivity index (χ0) is 14.1. The smallest absolute Gasteiger partial charge is 0.132 e. The first-order valence-corrected chi connectivity index (χ1v) is 7.15. The lowest BCUT2D eigenvalue weighted by molar-refractivity contribution is 0.281. The highest BCUT2D eigenvalue weighted by atomic mass is 16.3. The highest BCUT2D eigenvalue weighted by Gasteiger charge is 2.21.